The zero-order valence-electron chi connectivity index (χ0n) is 11.3. The van der Waals surface area contributed by atoms with Gasteiger partial charge in [0.15, 0.2) is 5.82 Å². The Bertz CT molecular complexity index is 799. The molecule has 0 N–H and O–H groups in total. The molecule has 0 aliphatic rings. The fraction of sp³-hybridized carbons (Fsp3) is 0.143. The quantitative estimate of drug-likeness (QED) is 0.716. The van der Waals surface area contributed by atoms with Crippen molar-refractivity contribution >= 4 is 11.3 Å². The predicted octanol–water partition coefficient (Wildman–Crippen LogP) is 3.99. The Morgan fingerprint density at radius 1 is 1.09 bits per heavy atom. The van der Waals surface area contributed by atoms with Gasteiger partial charge in [0.05, 0.1) is 10.6 Å². The topological polar surface area (TPSA) is 51.6 Å². The van der Waals surface area contributed by atoms with E-state index in [0.717, 1.165) is 17.8 Å². The summed E-state index contributed by atoms with van der Waals surface area (Å²) in [6.07, 6.45) is -0.105. The van der Waals surface area contributed by atoms with Crippen molar-refractivity contribution in [2.24, 2.45) is 0 Å². The number of thiazole rings is 1. The molecule has 3 heterocycles. The Hall–Kier alpha value is -2.35. The fourth-order valence-corrected chi connectivity index (χ4v) is 2.84. The minimum absolute atomic E-state index is 0.0277. The van der Waals surface area contributed by atoms with Gasteiger partial charge in [0.25, 0.3) is 0 Å². The van der Waals surface area contributed by atoms with Gasteiger partial charge in [-0.1, -0.05) is 0 Å². The molecule has 0 unspecified atom stereocenters. The molecule has 0 bridgehead atoms. The summed E-state index contributed by atoms with van der Waals surface area (Å²) >= 11 is 1.24. The maximum absolute atomic E-state index is 12.7. The summed E-state index contributed by atoms with van der Waals surface area (Å²) < 4.78 is 38.2. The first kappa shape index (κ1) is 14.6. The van der Waals surface area contributed by atoms with E-state index < -0.39 is 11.9 Å². The third kappa shape index (κ3) is 2.82. The fourth-order valence-electron chi connectivity index (χ4n) is 1.84. The molecule has 3 aromatic rings. The van der Waals surface area contributed by atoms with Gasteiger partial charge in [0, 0.05) is 24.2 Å². The lowest BCUT2D eigenvalue weighted by Gasteiger charge is -2.06. The number of hydrogen-bond acceptors (Lipinski definition) is 5. The summed E-state index contributed by atoms with van der Waals surface area (Å²) in [6.45, 7) is 1.72. The molecule has 0 fully saturated rings. The van der Waals surface area contributed by atoms with Crippen LogP contribution in [0.3, 0.4) is 0 Å². The molecule has 3 rings (SSSR count). The van der Waals surface area contributed by atoms with Gasteiger partial charge in [0.2, 0.25) is 0 Å². The number of hydrogen-bond donors (Lipinski definition) is 0. The molecule has 0 atom stereocenters. The predicted molar refractivity (Wildman–Crippen MR) is 76.1 cm³/mol. The van der Waals surface area contributed by atoms with E-state index in [1.165, 1.54) is 11.3 Å². The number of halogens is 3. The SMILES string of the molecule is Cc1nc(-c2cccnc2)sc1-c1nccc(C(F)(F)F)n1. The lowest BCUT2D eigenvalue weighted by molar-refractivity contribution is -0.141. The molecule has 8 heteroatoms. The molecule has 0 spiro atoms. The molecule has 0 amide bonds. The zero-order valence-corrected chi connectivity index (χ0v) is 12.1. The van der Waals surface area contributed by atoms with Crippen LogP contribution in [0.5, 0.6) is 0 Å². The Morgan fingerprint density at radius 2 is 1.91 bits per heavy atom. The van der Waals surface area contributed by atoms with Crippen LogP contribution in [0.25, 0.3) is 21.3 Å². The first-order valence-electron chi connectivity index (χ1n) is 6.23. The van der Waals surface area contributed by atoms with Crippen LogP contribution in [0.15, 0.2) is 36.8 Å². The number of rotatable bonds is 2. The lowest BCUT2D eigenvalue weighted by Crippen LogP contribution is -2.08. The maximum Gasteiger partial charge on any atom is 0.433 e. The Kier molecular flexibility index (Phi) is 3.61. The first-order valence-corrected chi connectivity index (χ1v) is 7.05. The second kappa shape index (κ2) is 5.45. The van der Waals surface area contributed by atoms with E-state index in [1.807, 2.05) is 6.07 Å². The van der Waals surface area contributed by atoms with Crippen molar-refractivity contribution in [2.45, 2.75) is 13.1 Å². The van der Waals surface area contributed by atoms with Crippen LogP contribution in [0.4, 0.5) is 13.2 Å². The van der Waals surface area contributed by atoms with Gasteiger partial charge in [-0.25, -0.2) is 15.0 Å². The largest absolute Gasteiger partial charge is 0.433 e. The monoisotopic (exact) mass is 322 g/mol. The van der Waals surface area contributed by atoms with Crippen molar-refractivity contribution in [2.75, 3.05) is 0 Å². The molecule has 0 saturated carbocycles. The van der Waals surface area contributed by atoms with E-state index in [0.29, 0.717) is 15.6 Å². The highest BCUT2D eigenvalue weighted by atomic mass is 32.1. The average Bonchev–Trinajstić information content (AvgIpc) is 2.89. The molecule has 0 aromatic carbocycles. The van der Waals surface area contributed by atoms with Crippen molar-refractivity contribution in [1.82, 2.24) is 19.9 Å². The Labute approximate surface area is 127 Å². The van der Waals surface area contributed by atoms with Crippen molar-refractivity contribution in [3.8, 4) is 21.3 Å². The normalized spacial score (nSPS) is 11.6. The van der Waals surface area contributed by atoms with Gasteiger partial charge in [0.1, 0.15) is 10.7 Å². The third-order valence-electron chi connectivity index (χ3n) is 2.85. The van der Waals surface area contributed by atoms with Crippen molar-refractivity contribution in [3.63, 3.8) is 0 Å². The zero-order chi connectivity index (χ0) is 15.7. The van der Waals surface area contributed by atoms with E-state index >= 15 is 0 Å². The standard InChI is InChI=1S/C14H9F3N4S/c1-8-11(12-19-6-4-10(21-12)14(15,16)17)22-13(20-8)9-3-2-5-18-7-9/h2-7H,1H3. The minimum Gasteiger partial charge on any atom is -0.264 e. The van der Waals surface area contributed by atoms with E-state index in [4.69, 9.17) is 0 Å². The lowest BCUT2D eigenvalue weighted by atomic mass is 10.3. The van der Waals surface area contributed by atoms with Crippen LogP contribution in [-0.4, -0.2) is 19.9 Å². The minimum atomic E-state index is -4.50. The molecule has 0 aliphatic carbocycles. The molecule has 0 aliphatic heterocycles. The molecule has 3 aromatic heterocycles. The van der Waals surface area contributed by atoms with Crippen LogP contribution in [0, 0.1) is 6.92 Å². The van der Waals surface area contributed by atoms with Crippen molar-refractivity contribution in [3.05, 3.63) is 48.2 Å². The molecule has 0 saturated heterocycles. The second-order valence-corrected chi connectivity index (χ2v) is 5.44. The van der Waals surface area contributed by atoms with Crippen LogP contribution >= 0.6 is 11.3 Å². The first-order chi connectivity index (χ1) is 10.4. The van der Waals surface area contributed by atoms with Crippen LogP contribution in [0.2, 0.25) is 0 Å². The average molecular weight is 322 g/mol. The molecule has 4 nitrogen and oxygen atoms in total. The van der Waals surface area contributed by atoms with E-state index in [9.17, 15) is 13.2 Å². The third-order valence-corrected chi connectivity index (χ3v) is 4.06. The van der Waals surface area contributed by atoms with Crippen molar-refractivity contribution < 1.29 is 13.2 Å². The van der Waals surface area contributed by atoms with Gasteiger partial charge >= 0.3 is 6.18 Å². The highest BCUT2D eigenvalue weighted by Gasteiger charge is 2.33. The summed E-state index contributed by atoms with van der Waals surface area (Å²) in [5.41, 5.74) is 0.422. The number of aromatic nitrogens is 4. The highest BCUT2D eigenvalue weighted by molar-refractivity contribution is 7.18. The van der Waals surface area contributed by atoms with Crippen LogP contribution < -0.4 is 0 Å². The Morgan fingerprint density at radius 3 is 2.59 bits per heavy atom. The van der Waals surface area contributed by atoms with Gasteiger partial charge in [-0.2, -0.15) is 13.2 Å². The molecule has 22 heavy (non-hydrogen) atoms. The van der Waals surface area contributed by atoms with Crippen molar-refractivity contribution in [1.29, 1.82) is 0 Å². The molecular weight excluding hydrogens is 313 g/mol. The summed E-state index contributed by atoms with van der Waals surface area (Å²) in [7, 11) is 0. The van der Waals surface area contributed by atoms with E-state index in [1.54, 1.807) is 25.4 Å². The molecule has 0 radical (unpaired) electrons. The number of alkyl halides is 3. The van der Waals surface area contributed by atoms with Gasteiger partial charge in [-0.15, -0.1) is 11.3 Å². The smallest absolute Gasteiger partial charge is 0.264 e. The van der Waals surface area contributed by atoms with E-state index in [-0.39, 0.29) is 5.82 Å². The van der Waals surface area contributed by atoms with Crippen LogP contribution in [0.1, 0.15) is 11.4 Å². The number of aryl methyl sites for hydroxylation is 1. The van der Waals surface area contributed by atoms with Crippen LogP contribution in [-0.2, 0) is 6.18 Å². The summed E-state index contributed by atoms with van der Waals surface area (Å²) in [6, 6.07) is 4.45. The summed E-state index contributed by atoms with van der Waals surface area (Å²) in [5, 5.41) is 0.668. The number of nitrogens with zero attached hydrogens (tertiary/aromatic N) is 4. The van der Waals surface area contributed by atoms with Gasteiger partial charge in [-0.3, -0.25) is 4.98 Å². The summed E-state index contributed by atoms with van der Waals surface area (Å²) in [5.74, 6) is 0.0277. The maximum atomic E-state index is 12.7. The second-order valence-electron chi connectivity index (χ2n) is 4.44. The Balaban J connectivity index is 2.05. The van der Waals surface area contributed by atoms with E-state index in [2.05, 4.69) is 19.9 Å². The molecule has 112 valence electrons. The molecular formula is C14H9F3N4S. The highest BCUT2D eigenvalue weighted by Crippen LogP contribution is 2.34. The summed E-state index contributed by atoms with van der Waals surface area (Å²) in [4.78, 5) is 16.4. The van der Waals surface area contributed by atoms with Gasteiger partial charge < -0.3 is 0 Å². The number of pyridine rings is 1. The van der Waals surface area contributed by atoms with Gasteiger partial charge in [-0.05, 0) is 25.1 Å².